The largest absolute Gasteiger partial charge is 0.346 e. The molecule has 3 N–H and O–H groups in total. The van der Waals surface area contributed by atoms with E-state index in [1.165, 1.54) is 0 Å². The van der Waals surface area contributed by atoms with E-state index in [-0.39, 0.29) is 23.0 Å². The summed E-state index contributed by atoms with van der Waals surface area (Å²) in [6.45, 7) is -1.87. The van der Waals surface area contributed by atoms with Crippen LogP contribution in [-0.2, 0) is 0 Å². The average molecular weight is 330 g/mol. The molecular weight excluding hydrogens is 319 g/mol. The smallest absolute Gasteiger partial charge is 0.277 e. The molecule has 0 bridgehead atoms. The van der Waals surface area contributed by atoms with Crippen LogP contribution in [0.25, 0.3) is 0 Å². The Hall–Kier alpha value is -1.51. The van der Waals surface area contributed by atoms with Gasteiger partial charge >= 0.3 is 0 Å². The summed E-state index contributed by atoms with van der Waals surface area (Å²) >= 11 is 5.60. The van der Waals surface area contributed by atoms with Crippen molar-refractivity contribution in [3.8, 4) is 0 Å². The summed E-state index contributed by atoms with van der Waals surface area (Å²) in [5.41, 5.74) is 4.23. The minimum absolute atomic E-state index is 0. The van der Waals surface area contributed by atoms with Crippen molar-refractivity contribution in [3.63, 3.8) is 0 Å². The molecular formula is C10H11Cl2F2N3O3. The molecule has 0 aromatic heterocycles. The average Bonchev–Trinajstić information content (AvgIpc) is 2.35. The number of carbonyl (C=O) groups excluding carboxylic acids is 1. The van der Waals surface area contributed by atoms with Gasteiger partial charge in [-0.05, 0) is 6.07 Å². The molecule has 0 atom stereocenters. The Morgan fingerprint density at radius 1 is 1.45 bits per heavy atom. The van der Waals surface area contributed by atoms with E-state index in [4.69, 9.17) is 17.3 Å². The predicted octanol–water partition coefficient (Wildman–Crippen LogP) is 1.99. The number of nitro benzene ring substituents is 1. The molecule has 1 aromatic rings. The Balaban J connectivity index is 0.00000361. The summed E-state index contributed by atoms with van der Waals surface area (Å²) in [6.07, 6.45) is 0. The predicted molar refractivity (Wildman–Crippen MR) is 71.7 cm³/mol. The van der Waals surface area contributed by atoms with E-state index in [0.29, 0.717) is 0 Å². The molecule has 0 saturated carbocycles. The SMILES string of the molecule is Cl.NCC(F)(F)CNC(=O)c1cc(Cl)cc([N+](=O)[O-])c1. The van der Waals surface area contributed by atoms with Gasteiger partial charge in [-0.3, -0.25) is 14.9 Å². The van der Waals surface area contributed by atoms with Crippen LogP contribution < -0.4 is 11.1 Å². The molecule has 0 fully saturated rings. The molecule has 112 valence electrons. The normalized spacial score (nSPS) is 10.6. The number of rotatable bonds is 5. The first-order chi connectivity index (χ1) is 8.75. The van der Waals surface area contributed by atoms with Gasteiger partial charge in [0.25, 0.3) is 17.5 Å². The number of nitro groups is 1. The zero-order valence-corrected chi connectivity index (χ0v) is 11.5. The third-order valence-corrected chi connectivity index (χ3v) is 2.38. The highest BCUT2D eigenvalue weighted by Gasteiger charge is 2.27. The minimum Gasteiger partial charge on any atom is -0.346 e. The van der Waals surface area contributed by atoms with Crippen molar-refractivity contribution in [3.05, 3.63) is 38.9 Å². The second-order valence-corrected chi connectivity index (χ2v) is 4.13. The van der Waals surface area contributed by atoms with E-state index < -0.39 is 35.5 Å². The number of benzene rings is 1. The molecule has 0 saturated heterocycles. The van der Waals surface area contributed by atoms with Gasteiger partial charge in [0.1, 0.15) is 0 Å². The van der Waals surface area contributed by atoms with Gasteiger partial charge in [-0.2, -0.15) is 0 Å². The maximum Gasteiger partial charge on any atom is 0.277 e. The first-order valence-corrected chi connectivity index (χ1v) is 5.44. The lowest BCUT2D eigenvalue weighted by Gasteiger charge is -2.14. The van der Waals surface area contributed by atoms with Gasteiger partial charge in [-0.1, -0.05) is 11.6 Å². The van der Waals surface area contributed by atoms with Gasteiger partial charge in [0.15, 0.2) is 0 Å². The van der Waals surface area contributed by atoms with E-state index in [0.717, 1.165) is 18.2 Å². The molecule has 10 heteroatoms. The summed E-state index contributed by atoms with van der Waals surface area (Å²) in [6, 6.07) is 3.14. The van der Waals surface area contributed by atoms with E-state index in [9.17, 15) is 23.7 Å². The summed E-state index contributed by atoms with van der Waals surface area (Å²) < 4.78 is 25.7. The third-order valence-electron chi connectivity index (χ3n) is 2.16. The number of amides is 1. The molecule has 0 spiro atoms. The lowest BCUT2D eigenvalue weighted by molar-refractivity contribution is -0.384. The summed E-state index contributed by atoms with van der Waals surface area (Å²) in [4.78, 5) is 21.4. The number of halogens is 4. The molecule has 1 aromatic carbocycles. The van der Waals surface area contributed by atoms with Crippen LogP contribution in [0, 0.1) is 10.1 Å². The van der Waals surface area contributed by atoms with Crippen molar-refractivity contribution in [1.82, 2.24) is 5.32 Å². The van der Waals surface area contributed by atoms with Crippen LogP contribution >= 0.6 is 24.0 Å². The van der Waals surface area contributed by atoms with Crippen LogP contribution in [0.15, 0.2) is 18.2 Å². The Morgan fingerprint density at radius 2 is 2.05 bits per heavy atom. The Morgan fingerprint density at radius 3 is 2.55 bits per heavy atom. The van der Waals surface area contributed by atoms with Gasteiger partial charge < -0.3 is 11.1 Å². The number of hydrogen-bond donors (Lipinski definition) is 2. The molecule has 1 amide bonds. The summed E-state index contributed by atoms with van der Waals surface area (Å²) in [5, 5.41) is 12.5. The molecule has 0 heterocycles. The van der Waals surface area contributed by atoms with E-state index in [2.05, 4.69) is 0 Å². The lowest BCUT2D eigenvalue weighted by Crippen LogP contribution is -2.41. The topological polar surface area (TPSA) is 98.3 Å². The van der Waals surface area contributed by atoms with Gasteiger partial charge in [-0.15, -0.1) is 12.4 Å². The molecule has 1 rings (SSSR count). The Bertz CT molecular complexity index is 515. The number of non-ortho nitro benzene ring substituents is 1. The second-order valence-electron chi connectivity index (χ2n) is 3.70. The highest BCUT2D eigenvalue weighted by atomic mass is 35.5. The van der Waals surface area contributed by atoms with Crippen molar-refractivity contribution in [1.29, 1.82) is 0 Å². The molecule has 0 unspecified atom stereocenters. The zero-order valence-electron chi connectivity index (χ0n) is 9.94. The minimum atomic E-state index is -3.24. The van der Waals surface area contributed by atoms with E-state index >= 15 is 0 Å². The number of nitrogens with one attached hydrogen (secondary N) is 1. The number of carbonyl (C=O) groups is 1. The highest BCUT2D eigenvalue weighted by molar-refractivity contribution is 6.31. The zero-order chi connectivity index (χ0) is 14.6. The van der Waals surface area contributed by atoms with Crippen molar-refractivity contribution in [2.75, 3.05) is 13.1 Å². The number of hydrogen-bond acceptors (Lipinski definition) is 4. The molecule has 20 heavy (non-hydrogen) atoms. The first kappa shape index (κ1) is 18.5. The maximum atomic E-state index is 12.8. The number of nitrogens with two attached hydrogens (primary N) is 1. The van der Waals surface area contributed by atoms with Crippen LogP contribution in [0.2, 0.25) is 5.02 Å². The molecule has 6 nitrogen and oxygen atoms in total. The molecule has 0 aliphatic rings. The Labute approximate surface area is 123 Å². The van der Waals surface area contributed by atoms with E-state index in [1.54, 1.807) is 0 Å². The standard InChI is InChI=1S/C10H10ClF2N3O3.ClH/c11-7-1-6(2-8(3-7)16(18)19)9(17)15-5-10(12,13)4-14;/h1-3H,4-5,14H2,(H,15,17);1H. The van der Waals surface area contributed by atoms with Gasteiger partial charge in [0.05, 0.1) is 18.0 Å². The lowest BCUT2D eigenvalue weighted by atomic mass is 10.2. The first-order valence-electron chi connectivity index (χ1n) is 5.06. The monoisotopic (exact) mass is 329 g/mol. The fraction of sp³-hybridized carbons (Fsp3) is 0.300. The van der Waals surface area contributed by atoms with Crippen LogP contribution in [0.4, 0.5) is 14.5 Å². The summed E-state index contributed by atoms with van der Waals surface area (Å²) in [5.74, 6) is -4.13. The summed E-state index contributed by atoms with van der Waals surface area (Å²) in [7, 11) is 0. The fourth-order valence-corrected chi connectivity index (χ4v) is 1.42. The van der Waals surface area contributed by atoms with Gasteiger partial charge in [-0.25, -0.2) is 8.78 Å². The maximum absolute atomic E-state index is 12.8. The Kier molecular flexibility index (Phi) is 6.77. The fourth-order valence-electron chi connectivity index (χ4n) is 1.19. The highest BCUT2D eigenvalue weighted by Crippen LogP contribution is 2.21. The molecule has 0 aliphatic carbocycles. The number of nitrogens with zero attached hydrogens (tertiary/aromatic N) is 1. The quantitative estimate of drug-likeness (QED) is 0.637. The second kappa shape index (κ2) is 7.32. The van der Waals surface area contributed by atoms with Crippen molar-refractivity contribution in [2.45, 2.75) is 5.92 Å². The van der Waals surface area contributed by atoms with E-state index in [1.807, 2.05) is 5.32 Å². The molecule has 0 aliphatic heterocycles. The molecule has 0 radical (unpaired) electrons. The third kappa shape index (κ3) is 5.24. The van der Waals surface area contributed by atoms with Gasteiger partial charge in [0, 0.05) is 22.7 Å². The van der Waals surface area contributed by atoms with Crippen LogP contribution in [0.5, 0.6) is 0 Å². The van der Waals surface area contributed by atoms with Crippen LogP contribution in [0.1, 0.15) is 10.4 Å². The van der Waals surface area contributed by atoms with Crippen molar-refractivity contribution < 1.29 is 18.5 Å². The van der Waals surface area contributed by atoms with Crippen LogP contribution in [0.3, 0.4) is 0 Å². The van der Waals surface area contributed by atoms with Crippen molar-refractivity contribution >= 4 is 35.6 Å². The van der Waals surface area contributed by atoms with Crippen LogP contribution in [-0.4, -0.2) is 29.8 Å². The van der Waals surface area contributed by atoms with Gasteiger partial charge in [0.2, 0.25) is 0 Å². The number of alkyl halides is 2. The van der Waals surface area contributed by atoms with Crippen molar-refractivity contribution in [2.24, 2.45) is 5.73 Å².